The minimum Gasteiger partial charge on any atom is -0.392 e. The minimum atomic E-state index is -0.620. The van der Waals surface area contributed by atoms with Gasteiger partial charge in [-0.1, -0.05) is 20.8 Å². The maximum Gasteiger partial charge on any atom is 0.227 e. The lowest BCUT2D eigenvalue weighted by Gasteiger charge is -2.13. The second-order valence-corrected chi connectivity index (χ2v) is 4.31. The van der Waals surface area contributed by atoms with Gasteiger partial charge in [-0.25, -0.2) is 9.97 Å². The molecule has 0 aliphatic heterocycles. The van der Waals surface area contributed by atoms with E-state index in [1.54, 1.807) is 12.4 Å². The topological polar surface area (TPSA) is 75.1 Å². The lowest BCUT2D eigenvalue weighted by atomic mass is 10.0. The number of amides is 1. The number of hydrogen-bond donors (Lipinski definition) is 2. The third-order valence-corrected chi connectivity index (χ3v) is 2.47. The number of rotatable bonds is 5. The first-order chi connectivity index (χ1) is 8.02. The van der Waals surface area contributed by atoms with Crippen molar-refractivity contribution in [1.82, 2.24) is 9.97 Å². The average Bonchev–Trinajstić information content (AvgIpc) is 2.29. The molecule has 94 valence electrons. The first-order valence-electron chi connectivity index (χ1n) is 5.81. The molecule has 0 spiro atoms. The first-order valence-corrected chi connectivity index (χ1v) is 5.81. The van der Waals surface area contributed by atoms with E-state index in [4.69, 9.17) is 0 Å². The number of aromatic nitrogens is 2. The van der Waals surface area contributed by atoms with Gasteiger partial charge < -0.3 is 10.4 Å². The van der Waals surface area contributed by atoms with Gasteiger partial charge in [0.2, 0.25) is 5.91 Å². The third kappa shape index (κ3) is 4.48. The van der Waals surface area contributed by atoms with E-state index in [0.29, 0.717) is 5.69 Å². The predicted octanol–water partition coefficient (Wildman–Crippen LogP) is 1.38. The summed E-state index contributed by atoms with van der Waals surface area (Å²) in [4.78, 5) is 19.7. The summed E-state index contributed by atoms with van der Waals surface area (Å²) in [6.45, 7) is 5.71. The molecule has 0 aromatic carbocycles. The highest BCUT2D eigenvalue weighted by molar-refractivity contribution is 5.90. The van der Waals surface area contributed by atoms with E-state index in [9.17, 15) is 9.90 Å². The van der Waals surface area contributed by atoms with Gasteiger partial charge in [0.1, 0.15) is 5.82 Å². The molecule has 2 N–H and O–H groups in total. The van der Waals surface area contributed by atoms with E-state index in [1.807, 2.05) is 20.8 Å². The number of aryl methyl sites for hydroxylation is 1. The molecule has 17 heavy (non-hydrogen) atoms. The van der Waals surface area contributed by atoms with Crippen molar-refractivity contribution in [2.24, 2.45) is 5.92 Å². The zero-order valence-electron chi connectivity index (χ0n) is 10.5. The van der Waals surface area contributed by atoms with E-state index in [2.05, 4.69) is 15.3 Å². The number of aliphatic hydroxyl groups excluding tert-OH is 1. The van der Waals surface area contributed by atoms with Crippen LogP contribution in [0.25, 0.3) is 0 Å². The Morgan fingerprint density at radius 1 is 1.41 bits per heavy atom. The molecule has 0 aliphatic carbocycles. The van der Waals surface area contributed by atoms with Gasteiger partial charge in [0, 0.05) is 6.42 Å². The highest BCUT2D eigenvalue weighted by Crippen LogP contribution is 2.08. The lowest BCUT2D eigenvalue weighted by molar-refractivity contribution is -0.118. The van der Waals surface area contributed by atoms with Crippen molar-refractivity contribution >= 4 is 11.6 Å². The van der Waals surface area contributed by atoms with Crippen molar-refractivity contribution in [3.05, 3.63) is 18.2 Å². The molecule has 1 rings (SSSR count). The number of hydrogen-bond acceptors (Lipinski definition) is 4. The fourth-order valence-corrected chi connectivity index (χ4v) is 1.24. The molecular formula is C12H19N3O2. The summed E-state index contributed by atoms with van der Waals surface area (Å²) in [5.41, 5.74) is 0.558. The van der Waals surface area contributed by atoms with Crippen LogP contribution in [0, 0.1) is 5.92 Å². The molecule has 5 heteroatoms. The number of nitrogens with zero attached hydrogens (tertiary/aromatic N) is 2. The Labute approximate surface area is 101 Å². The van der Waals surface area contributed by atoms with Crippen LogP contribution in [0.15, 0.2) is 12.4 Å². The Bertz CT molecular complexity index is 363. The Balaban J connectivity index is 2.50. The Morgan fingerprint density at radius 2 is 2.00 bits per heavy atom. The summed E-state index contributed by atoms with van der Waals surface area (Å²) in [6.07, 6.45) is 3.38. The molecule has 0 bridgehead atoms. The largest absolute Gasteiger partial charge is 0.392 e. The van der Waals surface area contributed by atoms with Gasteiger partial charge in [-0.15, -0.1) is 0 Å². The van der Waals surface area contributed by atoms with Gasteiger partial charge in [-0.3, -0.25) is 4.79 Å². The van der Waals surface area contributed by atoms with E-state index in [0.717, 1.165) is 12.2 Å². The molecule has 1 unspecified atom stereocenters. The average molecular weight is 237 g/mol. The third-order valence-electron chi connectivity index (χ3n) is 2.47. The first kappa shape index (κ1) is 13.6. The van der Waals surface area contributed by atoms with Crippen LogP contribution in [0.1, 0.15) is 33.0 Å². The maximum absolute atomic E-state index is 11.6. The van der Waals surface area contributed by atoms with Crippen molar-refractivity contribution in [2.75, 3.05) is 5.32 Å². The highest BCUT2D eigenvalue weighted by atomic mass is 16.3. The van der Waals surface area contributed by atoms with Gasteiger partial charge in [0.25, 0.3) is 0 Å². The van der Waals surface area contributed by atoms with Crippen LogP contribution in [0.3, 0.4) is 0 Å². The van der Waals surface area contributed by atoms with Gasteiger partial charge in [0.15, 0.2) is 0 Å². The number of aliphatic hydroxyl groups is 1. The van der Waals surface area contributed by atoms with Crippen molar-refractivity contribution in [3.63, 3.8) is 0 Å². The van der Waals surface area contributed by atoms with Crippen LogP contribution >= 0.6 is 0 Å². The molecule has 0 saturated heterocycles. The number of anilines is 1. The summed E-state index contributed by atoms with van der Waals surface area (Å²) in [5, 5.41) is 12.2. The van der Waals surface area contributed by atoms with Crippen LogP contribution in [-0.2, 0) is 11.2 Å². The summed E-state index contributed by atoms with van der Waals surface area (Å²) in [6, 6.07) is 0. The summed E-state index contributed by atoms with van der Waals surface area (Å²) in [5.74, 6) is 0.587. The standard InChI is InChI=1S/C12H19N3O2/c1-4-11-13-6-9(7-14-11)15-12(17)5-10(16)8(2)3/h6-8,10,16H,4-5H2,1-3H3,(H,15,17). The summed E-state index contributed by atoms with van der Waals surface area (Å²) < 4.78 is 0. The van der Waals surface area contributed by atoms with Gasteiger partial charge in [0.05, 0.1) is 30.6 Å². The van der Waals surface area contributed by atoms with Crippen molar-refractivity contribution in [3.8, 4) is 0 Å². The Hall–Kier alpha value is -1.49. The quantitative estimate of drug-likeness (QED) is 0.811. The van der Waals surface area contributed by atoms with Crippen molar-refractivity contribution in [2.45, 2.75) is 39.7 Å². The van der Waals surface area contributed by atoms with E-state index in [1.165, 1.54) is 0 Å². The van der Waals surface area contributed by atoms with Gasteiger partial charge in [-0.2, -0.15) is 0 Å². The molecule has 1 aromatic rings. The monoisotopic (exact) mass is 237 g/mol. The maximum atomic E-state index is 11.6. The van der Waals surface area contributed by atoms with Crippen LogP contribution in [-0.4, -0.2) is 27.1 Å². The van der Waals surface area contributed by atoms with Crippen molar-refractivity contribution < 1.29 is 9.90 Å². The zero-order chi connectivity index (χ0) is 12.8. The second-order valence-electron chi connectivity index (χ2n) is 4.31. The molecule has 1 amide bonds. The number of carbonyl (C=O) groups excluding carboxylic acids is 1. The van der Waals surface area contributed by atoms with Gasteiger partial charge in [-0.05, 0) is 5.92 Å². The molecule has 1 aromatic heterocycles. The van der Waals surface area contributed by atoms with E-state index in [-0.39, 0.29) is 18.2 Å². The molecule has 0 radical (unpaired) electrons. The number of carbonyl (C=O) groups is 1. The van der Waals surface area contributed by atoms with Crippen LogP contribution < -0.4 is 5.32 Å². The second kappa shape index (κ2) is 6.30. The lowest BCUT2D eigenvalue weighted by Crippen LogP contribution is -2.23. The zero-order valence-corrected chi connectivity index (χ0v) is 10.5. The Kier molecular flexibility index (Phi) is 5.03. The summed E-state index contributed by atoms with van der Waals surface area (Å²) >= 11 is 0. The number of nitrogens with one attached hydrogen (secondary N) is 1. The summed E-state index contributed by atoms with van der Waals surface area (Å²) in [7, 11) is 0. The predicted molar refractivity (Wildman–Crippen MR) is 65.5 cm³/mol. The van der Waals surface area contributed by atoms with Crippen LogP contribution in [0.5, 0.6) is 0 Å². The van der Waals surface area contributed by atoms with Crippen LogP contribution in [0.4, 0.5) is 5.69 Å². The molecule has 0 aliphatic rings. The molecular weight excluding hydrogens is 218 g/mol. The normalized spacial score (nSPS) is 12.5. The van der Waals surface area contributed by atoms with Gasteiger partial charge >= 0.3 is 0 Å². The fourth-order valence-electron chi connectivity index (χ4n) is 1.24. The Morgan fingerprint density at radius 3 is 2.47 bits per heavy atom. The van der Waals surface area contributed by atoms with Crippen LogP contribution in [0.2, 0.25) is 0 Å². The smallest absolute Gasteiger partial charge is 0.227 e. The minimum absolute atomic E-state index is 0.0690. The fraction of sp³-hybridized carbons (Fsp3) is 0.583. The molecule has 5 nitrogen and oxygen atoms in total. The molecule has 0 saturated carbocycles. The van der Waals surface area contributed by atoms with Crippen molar-refractivity contribution in [1.29, 1.82) is 0 Å². The molecule has 1 heterocycles. The highest BCUT2D eigenvalue weighted by Gasteiger charge is 2.14. The molecule has 0 fully saturated rings. The van der Waals surface area contributed by atoms with E-state index >= 15 is 0 Å². The molecule has 1 atom stereocenters. The van der Waals surface area contributed by atoms with E-state index < -0.39 is 6.10 Å². The SMILES string of the molecule is CCc1ncc(NC(=O)CC(O)C(C)C)cn1.